The highest BCUT2D eigenvalue weighted by atomic mass is 32.2. The summed E-state index contributed by atoms with van der Waals surface area (Å²) in [5.41, 5.74) is 1.53. The number of amides is 2. The fourth-order valence-corrected chi connectivity index (χ4v) is 5.49. The van der Waals surface area contributed by atoms with Crippen LogP contribution in [0.5, 0.6) is 11.5 Å². The lowest BCUT2D eigenvalue weighted by Crippen LogP contribution is -2.51. The third-order valence-electron chi connectivity index (χ3n) is 6.84. The molecule has 1 aliphatic rings. The minimum absolute atomic E-state index is 0.00643. The minimum atomic E-state index is -3.61. The van der Waals surface area contributed by atoms with E-state index in [1.54, 1.807) is 23.1 Å². The SMILES string of the molecule is CC[C@H](C(=O)N[C@@H](C)CC)N(CCc1ccccc1)C(=O)CCCN(c1ccc2c(c1)OCCO2)S(C)(=O)=O. The summed E-state index contributed by atoms with van der Waals surface area (Å²) in [4.78, 5) is 28.3. The van der Waals surface area contributed by atoms with Gasteiger partial charge in [-0.1, -0.05) is 44.2 Å². The predicted molar refractivity (Wildman–Crippen MR) is 153 cm³/mol. The Balaban J connectivity index is 1.73. The van der Waals surface area contributed by atoms with Gasteiger partial charge in [0, 0.05) is 31.6 Å². The number of carbonyl (C=O) groups excluding carboxylic acids is 2. The van der Waals surface area contributed by atoms with E-state index in [1.807, 2.05) is 51.1 Å². The fraction of sp³-hybridized carbons (Fsp3) is 0.517. The normalized spacial score (nSPS) is 14.3. The second-order valence-electron chi connectivity index (χ2n) is 9.83. The van der Waals surface area contributed by atoms with E-state index < -0.39 is 16.1 Å². The van der Waals surface area contributed by atoms with Gasteiger partial charge in [-0.25, -0.2) is 8.42 Å². The van der Waals surface area contributed by atoms with Crippen molar-refractivity contribution in [2.45, 2.75) is 65.0 Å². The van der Waals surface area contributed by atoms with Gasteiger partial charge in [0.25, 0.3) is 0 Å². The molecule has 0 aromatic heterocycles. The zero-order valence-corrected chi connectivity index (χ0v) is 24.2. The summed E-state index contributed by atoms with van der Waals surface area (Å²) in [6.45, 7) is 7.19. The van der Waals surface area contributed by atoms with Crippen LogP contribution in [0.2, 0.25) is 0 Å². The van der Waals surface area contributed by atoms with Crippen molar-refractivity contribution < 1.29 is 27.5 Å². The maximum atomic E-state index is 13.5. The Morgan fingerprint density at radius 3 is 2.31 bits per heavy atom. The molecule has 0 radical (unpaired) electrons. The third-order valence-corrected chi connectivity index (χ3v) is 8.03. The molecule has 0 unspecified atom stereocenters. The summed E-state index contributed by atoms with van der Waals surface area (Å²) in [6.07, 6.45) is 3.44. The number of nitrogens with zero attached hydrogens (tertiary/aromatic N) is 2. The Kier molecular flexibility index (Phi) is 11.0. The fourth-order valence-electron chi connectivity index (χ4n) is 4.53. The molecular formula is C29H41N3O6S. The maximum Gasteiger partial charge on any atom is 0.243 e. The van der Waals surface area contributed by atoms with E-state index in [0.717, 1.165) is 18.2 Å². The van der Waals surface area contributed by atoms with Crippen molar-refractivity contribution in [3.8, 4) is 11.5 Å². The van der Waals surface area contributed by atoms with Gasteiger partial charge in [0.2, 0.25) is 21.8 Å². The Morgan fingerprint density at radius 2 is 1.67 bits per heavy atom. The highest BCUT2D eigenvalue weighted by Gasteiger charge is 2.29. The predicted octanol–water partition coefficient (Wildman–Crippen LogP) is 3.77. The molecule has 0 saturated carbocycles. The van der Waals surface area contributed by atoms with Crippen LogP contribution in [-0.2, 0) is 26.0 Å². The lowest BCUT2D eigenvalue weighted by Gasteiger charge is -2.32. The van der Waals surface area contributed by atoms with Gasteiger partial charge in [-0.2, -0.15) is 0 Å². The molecule has 1 N–H and O–H groups in total. The number of ether oxygens (including phenoxy) is 2. The van der Waals surface area contributed by atoms with Crippen molar-refractivity contribution in [1.29, 1.82) is 0 Å². The van der Waals surface area contributed by atoms with Crippen molar-refractivity contribution in [1.82, 2.24) is 10.2 Å². The van der Waals surface area contributed by atoms with Crippen LogP contribution in [0.25, 0.3) is 0 Å². The topological polar surface area (TPSA) is 105 Å². The lowest BCUT2D eigenvalue weighted by atomic mass is 10.1. The molecule has 2 atom stereocenters. The maximum absolute atomic E-state index is 13.5. The molecule has 0 fully saturated rings. The van der Waals surface area contributed by atoms with Gasteiger partial charge in [-0.15, -0.1) is 0 Å². The molecule has 0 saturated heterocycles. The molecule has 3 rings (SSSR count). The summed E-state index contributed by atoms with van der Waals surface area (Å²) >= 11 is 0. The molecule has 0 aliphatic carbocycles. The highest BCUT2D eigenvalue weighted by molar-refractivity contribution is 7.92. The largest absolute Gasteiger partial charge is 0.486 e. The van der Waals surface area contributed by atoms with E-state index in [4.69, 9.17) is 9.47 Å². The van der Waals surface area contributed by atoms with Gasteiger partial charge in [-0.3, -0.25) is 13.9 Å². The first-order valence-electron chi connectivity index (χ1n) is 13.6. The minimum Gasteiger partial charge on any atom is -0.486 e. The van der Waals surface area contributed by atoms with Crippen LogP contribution in [0.1, 0.15) is 52.0 Å². The molecule has 2 aromatic carbocycles. The van der Waals surface area contributed by atoms with Crippen molar-refractivity contribution in [2.24, 2.45) is 0 Å². The number of nitrogens with one attached hydrogen (secondary N) is 1. The number of benzene rings is 2. The molecule has 2 amide bonds. The van der Waals surface area contributed by atoms with E-state index in [0.29, 0.717) is 56.2 Å². The zero-order chi connectivity index (χ0) is 28.4. The standard InChI is InChI=1S/C29H41N3O6S/c1-5-22(3)30-29(34)25(6-2)31(18-16-23-11-8-7-9-12-23)28(33)13-10-17-32(39(4,35)36)24-14-15-26-27(21-24)38-20-19-37-26/h7-9,11-12,14-15,21-22,25H,5-6,10,13,16-20H2,1-4H3,(H,30,34)/t22-,25+/m0/s1. The molecule has 39 heavy (non-hydrogen) atoms. The Hall–Kier alpha value is -3.27. The van der Waals surface area contributed by atoms with Gasteiger partial charge in [0.05, 0.1) is 11.9 Å². The quantitative estimate of drug-likeness (QED) is 0.378. The highest BCUT2D eigenvalue weighted by Crippen LogP contribution is 2.34. The first-order chi connectivity index (χ1) is 18.6. The first kappa shape index (κ1) is 30.3. The third kappa shape index (κ3) is 8.61. The van der Waals surface area contributed by atoms with Crippen LogP contribution < -0.4 is 19.1 Å². The summed E-state index contributed by atoms with van der Waals surface area (Å²) in [6, 6.07) is 14.3. The Bertz CT molecular complexity index is 1200. The summed E-state index contributed by atoms with van der Waals surface area (Å²) in [7, 11) is -3.61. The molecule has 2 aromatic rings. The van der Waals surface area contributed by atoms with Gasteiger partial charge >= 0.3 is 0 Å². The number of hydrogen-bond donors (Lipinski definition) is 1. The van der Waals surface area contributed by atoms with E-state index >= 15 is 0 Å². The molecule has 0 bridgehead atoms. The Labute approximate surface area is 232 Å². The smallest absolute Gasteiger partial charge is 0.243 e. The van der Waals surface area contributed by atoms with Gasteiger partial charge in [0.1, 0.15) is 19.3 Å². The molecule has 1 heterocycles. The number of sulfonamides is 1. The van der Waals surface area contributed by atoms with Crippen molar-refractivity contribution in [2.75, 3.05) is 36.9 Å². The monoisotopic (exact) mass is 559 g/mol. The second-order valence-corrected chi connectivity index (χ2v) is 11.7. The van der Waals surface area contributed by atoms with Crippen molar-refractivity contribution in [3.63, 3.8) is 0 Å². The number of rotatable bonds is 14. The zero-order valence-electron chi connectivity index (χ0n) is 23.4. The number of hydrogen-bond acceptors (Lipinski definition) is 6. The van der Waals surface area contributed by atoms with Crippen LogP contribution in [0.4, 0.5) is 5.69 Å². The number of fused-ring (bicyclic) bond motifs is 1. The molecule has 214 valence electrons. The van der Waals surface area contributed by atoms with Crippen molar-refractivity contribution >= 4 is 27.5 Å². The lowest BCUT2D eigenvalue weighted by molar-refractivity contribution is -0.141. The average Bonchev–Trinajstić information content (AvgIpc) is 2.92. The second kappa shape index (κ2) is 14.2. The Morgan fingerprint density at radius 1 is 0.974 bits per heavy atom. The van der Waals surface area contributed by atoms with E-state index in [9.17, 15) is 18.0 Å². The summed E-state index contributed by atoms with van der Waals surface area (Å²) in [5, 5.41) is 3.01. The molecular weight excluding hydrogens is 518 g/mol. The summed E-state index contributed by atoms with van der Waals surface area (Å²) < 4.78 is 37.7. The van der Waals surface area contributed by atoms with Crippen molar-refractivity contribution in [3.05, 3.63) is 54.1 Å². The molecule has 1 aliphatic heterocycles. The van der Waals surface area contributed by atoms with Crippen LogP contribution in [0.15, 0.2) is 48.5 Å². The van der Waals surface area contributed by atoms with Gasteiger partial charge in [0.15, 0.2) is 11.5 Å². The number of anilines is 1. The first-order valence-corrected chi connectivity index (χ1v) is 15.5. The molecule has 9 nitrogen and oxygen atoms in total. The van der Waals surface area contributed by atoms with E-state index in [1.165, 1.54) is 4.31 Å². The molecule has 10 heteroatoms. The van der Waals surface area contributed by atoms with Crippen LogP contribution in [0.3, 0.4) is 0 Å². The van der Waals surface area contributed by atoms with E-state index in [2.05, 4.69) is 5.32 Å². The molecule has 0 spiro atoms. The van der Waals surface area contributed by atoms with Crippen LogP contribution >= 0.6 is 0 Å². The van der Waals surface area contributed by atoms with Gasteiger partial charge < -0.3 is 19.7 Å². The summed E-state index contributed by atoms with van der Waals surface area (Å²) in [5.74, 6) is 0.729. The van der Waals surface area contributed by atoms with Crippen LogP contribution in [0, 0.1) is 0 Å². The average molecular weight is 560 g/mol. The number of carbonyl (C=O) groups is 2. The van der Waals surface area contributed by atoms with Gasteiger partial charge in [-0.05, 0) is 50.3 Å². The van der Waals surface area contributed by atoms with E-state index in [-0.39, 0.29) is 30.8 Å². The van der Waals surface area contributed by atoms with Crippen LogP contribution in [-0.4, -0.2) is 69.8 Å².